The van der Waals surface area contributed by atoms with Crippen molar-refractivity contribution >= 4 is 0 Å². The van der Waals surface area contributed by atoms with Crippen molar-refractivity contribution in [2.75, 3.05) is 0 Å². The summed E-state index contributed by atoms with van der Waals surface area (Å²) in [6, 6.07) is 2.10. The highest BCUT2D eigenvalue weighted by molar-refractivity contribution is 5.11. The van der Waals surface area contributed by atoms with E-state index in [1.54, 1.807) is 0 Å². The molecule has 0 saturated carbocycles. The van der Waals surface area contributed by atoms with Crippen molar-refractivity contribution in [1.82, 2.24) is 9.78 Å². The predicted molar refractivity (Wildman–Crippen MR) is 55.9 cm³/mol. The van der Waals surface area contributed by atoms with Gasteiger partial charge in [-0.05, 0) is 26.8 Å². The van der Waals surface area contributed by atoms with Crippen molar-refractivity contribution in [2.24, 2.45) is 0 Å². The molecule has 0 aliphatic rings. The van der Waals surface area contributed by atoms with Gasteiger partial charge in [0.15, 0.2) is 0 Å². The topological polar surface area (TPSA) is 17.8 Å². The first-order valence-electron chi connectivity index (χ1n) is 4.78. The van der Waals surface area contributed by atoms with E-state index in [2.05, 4.69) is 58.9 Å². The van der Waals surface area contributed by atoms with Gasteiger partial charge in [-0.25, -0.2) is 0 Å². The van der Waals surface area contributed by atoms with Crippen molar-refractivity contribution in [2.45, 2.75) is 52.5 Å². The summed E-state index contributed by atoms with van der Waals surface area (Å²) in [5, 5.41) is 4.57. The van der Waals surface area contributed by atoms with Crippen molar-refractivity contribution < 1.29 is 0 Å². The van der Waals surface area contributed by atoms with Crippen LogP contribution in [-0.4, -0.2) is 9.78 Å². The number of hydrogen-bond acceptors (Lipinski definition) is 1. The minimum absolute atomic E-state index is 0.0868. The van der Waals surface area contributed by atoms with Crippen LogP contribution in [-0.2, 0) is 11.0 Å². The maximum atomic E-state index is 4.57. The summed E-state index contributed by atoms with van der Waals surface area (Å²) in [7, 11) is 0. The van der Waals surface area contributed by atoms with E-state index in [4.69, 9.17) is 0 Å². The molecule has 13 heavy (non-hydrogen) atoms. The van der Waals surface area contributed by atoms with Gasteiger partial charge in [0.05, 0.1) is 11.2 Å². The van der Waals surface area contributed by atoms with Crippen molar-refractivity contribution in [1.29, 1.82) is 0 Å². The van der Waals surface area contributed by atoms with E-state index in [1.165, 1.54) is 0 Å². The SMILES string of the molecule is CC(C)(C)c1ccn(C(C)(C)C)n1. The lowest BCUT2D eigenvalue weighted by atomic mass is 9.93. The van der Waals surface area contributed by atoms with Gasteiger partial charge in [0.1, 0.15) is 0 Å². The van der Waals surface area contributed by atoms with Gasteiger partial charge < -0.3 is 0 Å². The third kappa shape index (κ3) is 2.33. The fourth-order valence-electron chi connectivity index (χ4n) is 1.10. The number of nitrogens with zero attached hydrogens (tertiary/aromatic N) is 2. The van der Waals surface area contributed by atoms with Crippen molar-refractivity contribution in [3.05, 3.63) is 18.0 Å². The molecule has 1 aromatic heterocycles. The van der Waals surface area contributed by atoms with Crippen LogP contribution >= 0.6 is 0 Å². The average Bonchev–Trinajstić information content (AvgIpc) is 2.28. The highest BCUT2D eigenvalue weighted by Gasteiger charge is 2.20. The minimum Gasteiger partial charge on any atom is -0.267 e. The highest BCUT2D eigenvalue weighted by atomic mass is 15.3. The summed E-state index contributed by atoms with van der Waals surface area (Å²) in [5.74, 6) is 0. The molecule has 0 aromatic carbocycles. The number of rotatable bonds is 0. The minimum atomic E-state index is 0.0868. The fraction of sp³-hybridized carbons (Fsp3) is 0.727. The van der Waals surface area contributed by atoms with Crippen LogP contribution in [0.3, 0.4) is 0 Å². The first kappa shape index (κ1) is 10.3. The van der Waals surface area contributed by atoms with Crippen LogP contribution in [0.15, 0.2) is 12.3 Å². The summed E-state index contributed by atoms with van der Waals surface area (Å²) in [5.41, 5.74) is 1.39. The van der Waals surface area contributed by atoms with Gasteiger partial charge in [0, 0.05) is 11.6 Å². The van der Waals surface area contributed by atoms with Crippen LogP contribution in [0.4, 0.5) is 0 Å². The molecule has 0 fully saturated rings. The Morgan fingerprint density at radius 2 is 1.62 bits per heavy atom. The first-order chi connectivity index (χ1) is 5.71. The molecular weight excluding hydrogens is 160 g/mol. The Morgan fingerprint density at radius 3 is 1.85 bits per heavy atom. The molecule has 0 bridgehead atoms. The van der Waals surface area contributed by atoms with E-state index in [-0.39, 0.29) is 11.0 Å². The van der Waals surface area contributed by atoms with Crippen LogP contribution in [0.2, 0.25) is 0 Å². The smallest absolute Gasteiger partial charge is 0.0678 e. The molecule has 2 heteroatoms. The third-order valence-corrected chi connectivity index (χ3v) is 2.04. The van der Waals surface area contributed by atoms with E-state index in [1.807, 2.05) is 4.68 Å². The molecule has 0 radical (unpaired) electrons. The predicted octanol–water partition coefficient (Wildman–Crippen LogP) is 2.94. The molecule has 1 heterocycles. The quantitative estimate of drug-likeness (QED) is 0.600. The lowest BCUT2D eigenvalue weighted by Crippen LogP contribution is -2.23. The monoisotopic (exact) mass is 180 g/mol. The summed E-state index contributed by atoms with van der Waals surface area (Å²) in [6.07, 6.45) is 2.06. The molecular formula is C11H20N2. The third-order valence-electron chi connectivity index (χ3n) is 2.04. The van der Waals surface area contributed by atoms with Crippen LogP contribution < -0.4 is 0 Å². The Balaban J connectivity index is 3.01. The molecule has 2 nitrogen and oxygen atoms in total. The Morgan fingerprint density at radius 1 is 1.08 bits per heavy atom. The van der Waals surface area contributed by atoms with Crippen LogP contribution in [0.5, 0.6) is 0 Å². The molecule has 0 aliphatic heterocycles. The average molecular weight is 180 g/mol. The molecule has 0 spiro atoms. The highest BCUT2D eigenvalue weighted by Crippen LogP contribution is 2.22. The number of aromatic nitrogens is 2. The second-order valence-corrected chi connectivity index (χ2v) is 5.57. The molecule has 0 atom stereocenters. The van der Waals surface area contributed by atoms with E-state index >= 15 is 0 Å². The van der Waals surface area contributed by atoms with Gasteiger partial charge in [-0.1, -0.05) is 20.8 Å². The molecule has 74 valence electrons. The van der Waals surface area contributed by atoms with Crippen LogP contribution in [0.1, 0.15) is 47.2 Å². The van der Waals surface area contributed by atoms with E-state index in [0.29, 0.717) is 0 Å². The zero-order valence-electron chi connectivity index (χ0n) is 9.55. The molecule has 0 aliphatic carbocycles. The van der Waals surface area contributed by atoms with Gasteiger partial charge in [-0.15, -0.1) is 0 Å². The van der Waals surface area contributed by atoms with Gasteiger partial charge in [0.2, 0.25) is 0 Å². The lowest BCUT2D eigenvalue weighted by molar-refractivity contribution is 0.348. The zero-order valence-corrected chi connectivity index (χ0v) is 9.55. The lowest BCUT2D eigenvalue weighted by Gasteiger charge is -2.20. The molecule has 0 N–H and O–H groups in total. The second-order valence-electron chi connectivity index (χ2n) is 5.57. The van der Waals surface area contributed by atoms with Crippen LogP contribution in [0.25, 0.3) is 0 Å². The van der Waals surface area contributed by atoms with E-state index < -0.39 is 0 Å². The molecule has 0 amide bonds. The maximum absolute atomic E-state index is 4.57. The Labute approximate surface area is 81.0 Å². The number of hydrogen-bond donors (Lipinski definition) is 0. The van der Waals surface area contributed by atoms with Crippen LogP contribution in [0, 0.1) is 0 Å². The van der Waals surface area contributed by atoms with Gasteiger partial charge in [0.25, 0.3) is 0 Å². The Bertz CT molecular complexity index is 255. The molecule has 0 saturated heterocycles. The Kier molecular flexibility index (Phi) is 2.27. The zero-order chi connectivity index (χ0) is 10.3. The Hall–Kier alpha value is -0.790. The normalized spacial score (nSPS) is 13.4. The van der Waals surface area contributed by atoms with E-state index in [9.17, 15) is 0 Å². The first-order valence-corrected chi connectivity index (χ1v) is 4.78. The fourth-order valence-corrected chi connectivity index (χ4v) is 1.10. The summed E-state index contributed by atoms with van der Waals surface area (Å²) in [6.45, 7) is 13.0. The molecule has 1 rings (SSSR count). The largest absolute Gasteiger partial charge is 0.267 e. The molecule has 0 unspecified atom stereocenters. The maximum Gasteiger partial charge on any atom is 0.0678 e. The van der Waals surface area contributed by atoms with Crippen molar-refractivity contribution in [3.63, 3.8) is 0 Å². The summed E-state index contributed by atoms with van der Waals surface area (Å²) in [4.78, 5) is 0. The van der Waals surface area contributed by atoms with Gasteiger partial charge >= 0.3 is 0 Å². The second kappa shape index (κ2) is 2.86. The van der Waals surface area contributed by atoms with E-state index in [0.717, 1.165) is 5.69 Å². The molecule has 1 aromatic rings. The summed E-state index contributed by atoms with van der Waals surface area (Å²) >= 11 is 0. The standard InChI is InChI=1S/C11H20N2/c1-10(2,3)9-7-8-13(12-9)11(4,5)6/h7-8H,1-6H3. The van der Waals surface area contributed by atoms with Gasteiger partial charge in [-0.2, -0.15) is 5.10 Å². The van der Waals surface area contributed by atoms with Gasteiger partial charge in [-0.3, -0.25) is 4.68 Å². The summed E-state index contributed by atoms with van der Waals surface area (Å²) < 4.78 is 2.02. The van der Waals surface area contributed by atoms with Crippen molar-refractivity contribution in [3.8, 4) is 0 Å².